The van der Waals surface area contributed by atoms with Crippen LogP contribution in [0.25, 0.3) is 0 Å². The summed E-state index contributed by atoms with van der Waals surface area (Å²) in [6.07, 6.45) is 0. The molecule has 5 heteroatoms. The van der Waals surface area contributed by atoms with E-state index in [1.54, 1.807) is 6.07 Å². The third kappa shape index (κ3) is 2.54. The van der Waals surface area contributed by atoms with E-state index in [0.717, 1.165) is 10.2 Å². The lowest BCUT2D eigenvalue weighted by Gasteiger charge is -2.04. The molecule has 0 aliphatic heterocycles. The van der Waals surface area contributed by atoms with Gasteiger partial charge >= 0.3 is 0 Å². The molecule has 78 valence electrons. The standard InChI is InChI=1S/C10H8BrFN2S/c1-6-2-3-8(7(12)4-6)13-10-14-9(11)5-15-10/h2-5H,1H3,(H,13,14). The highest BCUT2D eigenvalue weighted by atomic mass is 79.9. The first-order chi connectivity index (χ1) is 7.15. The Bertz CT molecular complexity index is 484. The predicted octanol–water partition coefficient (Wildman–Crippen LogP) is 4.10. The Kier molecular flexibility index (Phi) is 3.02. The Balaban J connectivity index is 2.24. The van der Waals surface area contributed by atoms with Crippen molar-refractivity contribution >= 4 is 38.1 Å². The number of rotatable bonds is 2. The van der Waals surface area contributed by atoms with Crippen molar-refractivity contribution in [1.29, 1.82) is 0 Å². The third-order valence-electron chi connectivity index (χ3n) is 1.84. The zero-order chi connectivity index (χ0) is 10.8. The van der Waals surface area contributed by atoms with Gasteiger partial charge in [0.15, 0.2) is 5.13 Å². The lowest BCUT2D eigenvalue weighted by atomic mass is 10.2. The second-order valence-electron chi connectivity index (χ2n) is 3.08. The summed E-state index contributed by atoms with van der Waals surface area (Å²) in [4.78, 5) is 4.13. The fourth-order valence-corrected chi connectivity index (χ4v) is 2.30. The van der Waals surface area contributed by atoms with E-state index in [0.29, 0.717) is 10.8 Å². The summed E-state index contributed by atoms with van der Waals surface area (Å²) in [5.41, 5.74) is 1.35. The molecule has 1 N–H and O–H groups in total. The quantitative estimate of drug-likeness (QED) is 0.899. The van der Waals surface area contributed by atoms with Crippen molar-refractivity contribution in [3.05, 3.63) is 39.6 Å². The number of halogens is 2. The van der Waals surface area contributed by atoms with E-state index in [1.165, 1.54) is 17.4 Å². The predicted molar refractivity (Wildman–Crippen MR) is 64.2 cm³/mol. The minimum absolute atomic E-state index is 0.263. The molecule has 0 bridgehead atoms. The molecular weight excluding hydrogens is 279 g/mol. The molecule has 0 radical (unpaired) electrons. The second kappa shape index (κ2) is 4.28. The molecule has 0 amide bonds. The first-order valence-corrected chi connectivity index (χ1v) is 5.96. The molecule has 1 aromatic carbocycles. The largest absolute Gasteiger partial charge is 0.329 e. The van der Waals surface area contributed by atoms with Gasteiger partial charge < -0.3 is 5.32 Å². The van der Waals surface area contributed by atoms with Crippen LogP contribution in [0.3, 0.4) is 0 Å². The summed E-state index contributed by atoms with van der Waals surface area (Å²) in [5.74, 6) is -0.263. The number of nitrogens with zero attached hydrogens (tertiary/aromatic N) is 1. The monoisotopic (exact) mass is 286 g/mol. The lowest BCUT2D eigenvalue weighted by molar-refractivity contribution is 0.630. The zero-order valence-electron chi connectivity index (χ0n) is 7.92. The van der Waals surface area contributed by atoms with Gasteiger partial charge in [0.05, 0.1) is 5.69 Å². The highest BCUT2D eigenvalue weighted by Crippen LogP contribution is 2.25. The number of hydrogen-bond acceptors (Lipinski definition) is 3. The third-order valence-corrected chi connectivity index (χ3v) is 3.31. The molecule has 0 spiro atoms. The van der Waals surface area contributed by atoms with Gasteiger partial charge in [0.2, 0.25) is 0 Å². The topological polar surface area (TPSA) is 24.9 Å². The van der Waals surface area contributed by atoms with Crippen LogP contribution in [-0.4, -0.2) is 4.98 Å². The Morgan fingerprint density at radius 2 is 2.27 bits per heavy atom. The van der Waals surface area contributed by atoms with E-state index in [4.69, 9.17) is 0 Å². The molecule has 0 atom stereocenters. The van der Waals surface area contributed by atoms with Gasteiger partial charge in [-0.25, -0.2) is 9.37 Å². The summed E-state index contributed by atoms with van der Waals surface area (Å²) in [5, 5.41) is 5.44. The SMILES string of the molecule is Cc1ccc(Nc2nc(Br)cs2)c(F)c1. The van der Waals surface area contributed by atoms with Crippen LogP contribution in [0.4, 0.5) is 15.2 Å². The van der Waals surface area contributed by atoms with Gasteiger partial charge in [0.25, 0.3) is 0 Å². The fraction of sp³-hybridized carbons (Fsp3) is 0.100. The number of benzene rings is 1. The maximum absolute atomic E-state index is 13.4. The van der Waals surface area contributed by atoms with Crippen LogP contribution in [0.15, 0.2) is 28.2 Å². The number of aromatic nitrogens is 1. The normalized spacial score (nSPS) is 10.3. The highest BCUT2D eigenvalue weighted by molar-refractivity contribution is 9.10. The van der Waals surface area contributed by atoms with Gasteiger partial charge in [0.1, 0.15) is 10.4 Å². The maximum Gasteiger partial charge on any atom is 0.188 e. The Hall–Kier alpha value is -0.940. The van der Waals surface area contributed by atoms with Crippen LogP contribution in [0.2, 0.25) is 0 Å². The molecular formula is C10H8BrFN2S. The van der Waals surface area contributed by atoms with Gasteiger partial charge in [-0.2, -0.15) is 0 Å². The van der Waals surface area contributed by atoms with Gasteiger partial charge in [-0.05, 0) is 40.5 Å². The van der Waals surface area contributed by atoms with Crippen LogP contribution in [-0.2, 0) is 0 Å². The van der Waals surface area contributed by atoms with Gasteiger partial charge in [0, 0.05) is 5.38 Å². The van der Waals surface area contributed by atoms with E-state index in [1.807, 2.05) is 18.4 Å². The first kappa shape index (κ1) is 10.6. The van der Waals surface area contributed by atoms with Crippen molar-refractivity contribution in [1.82, 2.24) is 4.98 Å². The van der Waals surface area contributed by atoms with Crippen molar-refractivity contribution in [2.45, 2.75) is 6.92 Å². The Morgan fingerprint density at radius 3 is 2.87 bits per heavy atom. The van der Waals surface area contributed by atoms with E-state index in [2.05, 4.69) is 26.2 Å². The maximum atomic E-state index is 13.4. The Morgan fingerprint density at radius 1 is 1.47 bits per heavy atom. The van der Waals surface area contributed by atoms with E-state index >= 15 is 0 Å². The molecule has 0 aliphatic rings. The minimum Gasteiger partial charge on any atom is -0.329 e. The van der Waals surface area contributed by atoms with Gasteiger partial charge in [-0.15, -0.1) is 11.3 Å². The first-order valence-electron chi connectivity index (χ1n) is 4.29. The summed E-state index contributed by atoms with van der Waals surface area (Å²) < 4.78 is 14.2. The van der Waals surface area contributed by atoms with Crippen LogP contribution in [0, 0.1) is 12.7 Å². The zero-order valence-corrected chi connectivity index (χ0v) is 10.3. The van der Waals surface area contributed by atoms with Crippen LogP contribution < -0.4 is 5.32 Å². The molecule has 2 aromatic rings. The van der Waals surface area contributed by atoms with Crippen LogP contribution in [0.1, 0.15) is 5.56 Å². The average Bonchev–Trinajstić information content (AvgIpc) is 2.56. The molecule has 1 aromatic heterocycles. The molecule has 0 saturated carbocycles. The van der Waals surface area contributed by atoms with Crippen molar-refractivity contribution in [3.63, 3.8) is 0 Å². The van der Waals surface area contributed by atoms with Gasteiger partial charge in [-0.1, -0.05) is 6.07 Å². The summed E-state index contributed by atoms with van der Waals surface area (Å²) >= 11 is 4.66. The molecule has 2 rings (SSSR count). The van der Waals surface area contributed by atoms with Crippen molar-refractivity contribution < 1.29 is 4.39 Å². The smallest absolute Gasteiger partial charge is 0.188 e. The van der Waals surface area contributed by atoms with Crippen molar-refractivity contribution in [2.75, 3.05) is 5.32 Å². The van der Waals surface area contributed by atoms with E-state index in [9.17, 15) is 4.39 Å². The van der Waals surface area contributed by atoms with Crippen molar-refractivity contribution in [3.8, 4) is 0 Å². The van der Waals surface area contributed by atoms with E-state index < -0.39 is 0 Å². The highest BCUT2D eigenvalue weighted by Gasteiger charge is 2.04. The summed E-state index contributed by atoms with van der Waals surface area (Å²) in [7, 11) is 0. The Labute approximate surface area is 99.3 Å². The number of nitrogens with one attached hydrogen (secondary N) is 1. The summed E-state index contributed by atoms with van der Waals surface area (Å²) in [6.45, 7) is 1.85. The molecule has 1 heterocycles. The molecule has 15 heavy (non-hydrogen) atoms. The number of thiazole rings is 1. The molecule has 0 fully saturated rings. The number of aryl methyl sites for hydroxylation is 1. The van der Waals surface area contributed by atoms with E-state index in [-0.39, 0.29) is 5.82 Å². The van der Waals surface area contributed by atoms with Crippen LogP contribution >= 0.6 is 27.3 Å². The molecule has 2 nitrogen and oxygen atoms in total. The molecule has 0 saturated heterocycles. The fourth-order valence-electron chi connectivity index (χ4n) is 1.15. The van der Waals surface area contributed by atoms with Crippen molar-refractivity contribution in [2.24, 2.45) is 0 Å². The summed E-state index contributed by atoms with van der Waals surface area (Å²) in [6, 6.07) is 5.05. The molecule has 0 unspecified atom stereocenters. The molecule has 0 aliphatic carbocycles. The van der Waals surface area contributed by atoms with Gasteiger partial charge in [-0.3, -0.25) is 0 Å². The van der Waals surface area contributed by atoms with Crippen LogP contribution in [0.5, 0.6) is 0 Å². The minimum atomic E-state index is -0.263. The number of hydrogen-bond donors (Lipinski definition) is 1. The number of anilines is 2. The second-order valence-corrected chi connectivity index (χ2v) is 4.75. The average molecular weight is 287 g/mol. The lowest BCUT2D eigenvalue weighted by Crippen LogP contribution is -1.93.